The van der Waals surface area contributed by atoms with E-state index in [4.69, 9.17) is 4.74 Å². The number of hydrogen-bond acceptors (Lipinski definition) is 4. The predicted molar refractivity (Wildman–Crippen MR) is 73.7 cm³/mol. The van der Waals surface area contributed by atoms with Crippen molar-refractivity contribution in [1.82, 2.24) is 0 Å². The quantitative estimate of drug-likeness (QED) is 0.909. The molecule has 1 N–H and O–H groups in total. The Morgan fingerprint density at radius 1 is 1.56 bits per heavy atom. The zero-order valence-corrected chi connectivity index (χ0v) is 11.6. The summed E-state index contributed by atoms with van der Waals surface area (Å²) in [5.74, 6) is 1.87. The highest BCUT2D eigenvalue weighted by molar-refractivity contribution is 9.10. The maximum Gasteiger partial charge on any atom is 0.161 e. The molecule has 0 saturated carbocycles. The van der Waals surface area contributed by atoms with E-state index >= 15 is 0 Å². The van der Waals surface area contributed by atoms with Crippen molar-refractivity contribution < 1.29 is 4.74 Å². The molecule has 0 aliphatic carbocycles. The van der Waals surface area contributed by atoms with Gasteiger partial charge in [0.2, 0.25) is 0 Å². The van der Waals surface area contributed by atoms with Crippen LogP contribution in [0.4, 0.5) is 5.69 Å². The Balaban J connectivity index is 2.13. The molecule has 1 unspecified atom stereocenters. The molecule has 0 radical (unpaired) electrons. The monoisotopic (exact) mass is 300 g/mol. The molecule has 0 fully saturated rings. The standard InChI is InChI=1S/C11H13BrN2OS/c1-7-6-16-11(13-7)14-8-3-4-9(12)10(5-8)15-2/h3-5,7H,6H2,1-2H3,(H,13,14). The fraction of sp³-hybridized carbons (Fsp3) is 0.364. The van der Waals surface area contributed by atoms with E-state index in [0.717, 1.165) is 26.8 Å². The van der Waals surface area contributed by atoms with E-state index in [1.54, 1.807) is 18.9 Å². The number of methoxy groups -OCH3 is 1. The largest absolute Gasteiger partial charge is 0.495 e. The number of ether oxygens (including phenoxy) is 1. The third-order valence-electron chi connectivity index (χ3n) is 2.20. The van der Waals surface area contributed by atoms with Crippen molar-refractivity contribution in [3.8, 4) is 5.75 Å². The summed E-state index contributed by atoms with van der Waals surface area (Å²) >= 11 is 5.17. The number of halogens is 1. The first-order valence-electron chi connectivity index (χ1n) is 5.00. The van der Waals surface area contributed by atoms with Crippen molar-refractivity contribution >= 4 is 38.5 Å². The molecule has 1 aromatic carbocycles. The third-order valence-corrected chi connectivity index (χ3v) is 3.99. The molecule has 16 heavy (non-hydrogen) atoms. The summed E-state index contributed by atoms with van der Waals surface area (Å²) in [6.07, 6.45) is 0. The maximum atomic E-state index is 5.24. The van der Waals surface area contributed by atoms with Crippen LogP contribution in [0.2, 0.25) is 0 Å². The van der Waals surface area contributed by atoms with Gasteiger partial charge in [-0.05, 0) is 35.0 Å². The van der Waals surface area contributed by atoms with Gasteiger partial charge in [0, 0.05) is 17.5 Å². The van der Waals surface area contributed by atoms with Crippen LogP contribution in [0.25, 0.3) is 0 Å². The van der Waals surface area contributed by atoms with E-state index in [0.29, 0.717) is 6.04 Å². The molecule has 0 amide bonds. The molecule has 3 nitrogen and oxygen atoms in total. The van der Waals surface area contributed by atoms with Crippen LogP contribution >= 0.6 is 27.7 Å². The summed E-state index contributed by atoms with van der Waals surface area (Å²) in [6.45, 7) is 2.11. The Bertz CT molecular complexity index is 422. The van der Waals surface area contributed by atoms with Crippen LogP contribution in [0.1, 0.15) is 6.92 Å². The van der Waals surface area contributed by atoms with Gasteiger partial charge < -0.3 is 10.1 Å². The van der Waals surface area contributed by atoms with Crippen molar-refractivity contribution in [1.29, 1.82) is 0 Å². The molecule has 5 heteroatoms. The van der Waals surface area contributed by atoms with Crippen molar-refractivity contribution in [2.24, 2.45) is 4.99 Å². The molecule has 1 atom stereocenters. The van der Waals surface area contributed by atoms with Gasteiger partial charge in [-0.2, -0.15) is 0 Å². The van der Waals surface area contributed by atoms with Gasteiger partial charge in [-0.15, -0.1) is 0 Å². The van der Waals surface area contributed by atoms with Gasteiger partial charge in [0.25, 0.3) is 0 Å². The second kappa shape index (κ2) is 5.10. The second-order valence-electron chi connectivity index (χ2n) is 3.57. The van der Waals surface area contributed by atoms with Gasteiger partial charge in [0.05, 0.1) is 17.6 Å². The fourth-order valence-corrected chi connectivity index (χ4v) is 2.73. The van der Waals surface area contributed by atoms with Crippen LogP contribution < -0.4 is 10.1 Å². The summed E-state index contributed by atoms with van der Waals surface area (Å²) < 4.78 is 6.19. The van der Waals surface area contributed by atoms with E-state index in [1.165, 1.54) is 0 Å². The zero-order chi connectivity index (χ0) is 11.5. The number of benzene rings is 1. The average Bonchev–Trinajstić information content (AvgIpc) is 2.67. The minimum atomic E-state index is 0.407. The van der Waals surface area contributed by atoms with Crippen molar-refractivity contribution in [2.45, 2.75) is 13.0 Å². The van der Waals surface area contributed by atoms with Crippen molar-refractivity contribution in [2.75, 3.05) is 18.2 Å². The van der Waals surface area contributed by atoms with Gasteiger partial charge in [-0.25, -0.2) is 0 Å². The first-order valence-corrected chi connectivity index (χ1v) is 6.78. The molecular formula is C11H13BrN2OS. The van der Waals surface area contributed by atoms with Gasteiger partial charge >= 0.3 is 0 Å². The number of nitrogens with one attached hydrogen (secondary N) is 1. The molecule has 1 aliphatic rings. The first kappa shape index (κ1) is 11.8. The second-order valence-corrected chi connectivity index (χ2v) is 5.43. The number of anilines is 1. The molecule has 0 bridgehead atoms. The predicted octanol–water partition coefficient (Wildman–Crippen LogP) is 3.36. The Morgan fingerprint density at radius 3 is 3.00 bits per heavy atom. The summed E-state index contributed by atoms with van der Waals surface area (Å²) in [4.78, 5) is 4.48. The average molecular weight is 301 g/mol. The molecular weight excluding hydrogens is 288 g/mol. The lowest BCUT2D eigenvalue weighted by Gasteiger charge is -2.08. The van der Waals surface area contributed by atoms with Crippen LogP contribution in [0, 0.1) is 0 Å². The van der Waals surface area contributed by atoms with Gasteiger partial charge in [-0.3, -0.25) is 4.99 Å². The lowest BCUT2D eigenvalue weighted by molar-refractivity contribution is 0.412. The molecule has 0 saturated heterocycles. The van der Waals surface area contributed by atoms with Crippen LogP contribution in [0.3, 0.4) is 0 Å². The van der Waals surface area contributed by atoms with Crippen LogP contribution in [0.5, 0.6) is 5.75 Å². The Morgan fingerprint density at radius 2 is 2.38 bits per heavy atom. The Hall–Kier alpha value is -0.680. The third kappa shape index (κ3) is 2.71. The molecule has 1 heterocycles. The SMILES string of the molecule is COc1cc(NC2=NC(C)CS2)ccc1Br. The summed E-state index contributed by atoms with van der Waals surface area (Å²) in [5, 5.41) is 4.27. The van der Waals surface area contributed by atoms with Gasteiger partial charge in [-0.1, -0.05) is 11.8 Å². The molecule has 0 aromatic heterocycles. The first-order chi connectivity index (χ1) is 7.69. The Kier molecular flexibility index (Phi) is 3.76. The highest BCUT2D eigenvalue weighted by atomic mass is 79.9. The van der Waals surface area contributed by atoms with E-state index in [1.807, 2.05) is 18.2 Å². The van der Waals surface area contributed by atoms with E-state index in [-0.39, 0.29) is 0 Å². The smallest absolute Gasteiger partial charge is 0.161 e. The van der Waals surface area contributed by atoms with E-state index in [9.17, 15) is 0 Å². The molecule has 1 aliphatic heterocycles. The number of amidine groups is 1. The van der Waals surface area contributed by atoms with Crippen LogP contribution in [-0.2, 0) is 0 Å². The molecule has 2 rings (SSSR count). The highest BCUT2D eigenvalue weighted by Crippen LogP contribution is 2.29. The topological polar surface area (TPSA) is 33.6 Å². The summed E-state index contributed by atoms with van der Waals surface area (Å²) in [5.41, 5.74) is 1.00. The highest BCUT2D eigenvalue weighted by Gasteiger charge is 2.14. The normalized spacial score (nSPS) is 19.4. The Labute approximate surface area is 108 Å². The van der Waals surface area contributed by atoms with Gasteiger partial charge in [0.15, 0.2) is 5.17 Å². The molecule has 0 spiro atoms. The number of rotatable bonds is 2. The fourth-order valence-electron chi connectivity index (χ4n) is 1.40. The van der Waals surface area contributed by atoms with E-state index in [2.05, 4.69) is 33.2 Å². The molecule has 1 aromatic rings. The lowest BCUT2D eigenvalue weighted by Crippen LogP contribution is -2.05. The number of aliphatic imine (C=N–C) groups is 1. The van der Waals surface area contributed by atoms with Crippen molar-refractivity contribution in [3.05, 3.63) is 22.7 Å². The number of hydrogen-bond donors (Lipinski definition) is 1. The van der Waals surface area contributed by atoms with Crippen LogP contribution in [0.15, 0.2) is 27.7 Å². The summed E-state index contributed by atoms with van der Waals surface area (Å²) in [6, 6.07) is 6.32. The van der Waals surface area contributed by atoms with Crippen molar-refractivity contribution in [3.63, 3.8) is 0 Å². The summed E-state index contributed by atoms with van der Waals surface area (Å²) in [7, 11) is 1.66. The maximum absolute atomic E-state index is 5.24. The minimum absolute atomic E-state index is 0.407. The number of nitrogens with zero attached hydrogens (tertiary/aromatic N) is 1. The van der Waals surface area contributed by atoms with E-state index < -0.39 is 0 Å². The zero-order valence-electron chi connectivity index (χ0n) is 9.16. The number of thioether (sulfide) groups is 1. The lowest BCUT2D eigenvalue weighted by atomic mass is 10.3. The molecule has 86 valence electrons. The minimum Gasteiger partial charge on any atom is -0.495 e. The van der Waals surface area contributed by atoms with Gasteiger partial charge in [0.1, 0.15) is 5.75 Å². The van der Waals surface area contributed by atoms with Crippen LogP contribution in [-0.4, -0.2) is 24.1 Å².